The Hall–Kier alpha value is -2.29. The van der Waals surface area contributed by atoms with E-state index >= 15 is 0 Å². The number of benzene rings is 1. The number of hydrogen-bond acceptors (Lipinski definition) is 5. The van der Waals surface area contributed by atoms with Crippen molar-refractivity contribution in [2.24, 2.45) is 0 Å². The number of rotatable bonds is 4. The maximum Gasteiger partial charge on any atom is 0.278 e. The van der Waals surface area contributed by atoms with Crippen LogP contribution < -0.4 is 9.47 Å². The molecule has 1 aliphatic carbocycles. The molecule has 0 atom stereocenters. The minimum atomic E-state index is -0.790. The Bertz CT molecular complexity index is 571. The van der Waals surface area contributed by atoms with Crippen molar-refractivity contribution in [2.45, 2.75) is 31.1 Å². The topological polar surface area (TPSA) is 85.4 Å². The highest BCUT2D eigenvalue weighted by molar-refractivity contribution is 5.58. The zero-order valence-corrected chi connectivity index (χ0v) is 11.5. The Labute approximate surface area is 117 Å². The van der Waals surface area contributed by atoms with Crippen LogP contribution in [-0.2, 0) is 5.41 Å². The molecular weight excluding hydrogens is 260 g/mol. The van der Waals surface area contributed by atoms with Gasteiger partial charge in [-0.2, -0.15) is 5.26 Å². The predicted octanol–water partition coefficient (Wildman–Crippen LogP) is 2.95. The Kier molecular flexibility index (Phi) is 3.79. The van der Waals surface area contributed by atoms with E-state index in [1.165, 1.54) is 20.3 Å². The molecule has 0 bridgehead atoms. The first kappa shape index (κ1) is 14.1. The minimum Gasteiger partial charge on any atom is -0.493 e. The van der Waals surface area contributed by atoms with Crippen LogP contribution in [0.2, 0.25) is 0 Å². The van der Waals surface area contributed by atoms with Gasteiger partial charge in [0, 0.05) is 0 Å². The van der Waals surface area contributed by atoms with Gasteiger partial charge in [-0.25, -0.2) is 0 Å². The van der Waals surface area contributed by atoms with Gasteiger partial charge in [0.2, 0.25) is 0 Å². The van der Waals surface area contributed by atoms with Crippen LogP contribution in [0.5, 0.6) is 11.5 Å². The van der Waals surface area contributed by atoms with Gasteiger partial charge < -0.3 is 9.47 Å². The van der Waals surface area contributed by atoms with Crippen molar-refractivity contribution < 1.29 is 14.4 Å². The lowest BCUT2D eigenvalue weighted by Gasteiger charge is -2.21. The second-order valence-corrected chi connectivity index (χ2v) is 4.88. The monoisotopic (exact) mass is 276 g/mol. The van der Waals surface area contributed by atoms with E-state index in [4.69, 9.17) is 9.47 Å². The molecule has 1 saturated carbocycles. The van der Waals surface area contributed by atoms with E-state index in [1.54, 1.807) is 6.07 Å². The molecule has 1 aromatic carbocycles. The summed E-state index contributed by atoms with van der Waals surface area (Å²) in [5.74, 6) is 0.712. The van der Waals surface area contributed by atoms with E-state index in [9.17, 15) is 15.4 Å². The van der Waals surface area contributed by atoms with Crippen LogP contribution in [0.3, 0.4) is 0 Å². The van der Waals surface area contributed by atoms with E-state index in [1.807, 2.05) is 0 Å². The summed E-state index contributed by atoms with van der Waals surface area (Å²) in [6.45, 7) is 0. The average Bonchev–Trinajstić information content (AvgIpc) is 2.95. The first-order valence-electron chi connectivity index (χ1n) is 6.40. The average molecular weight is 276 g/mol. The number of hydrogen-bond donors (Lipinski definition) is 0. The Morgan fingerprint density at radius 2 is 1.80 bits per heavy atom. The number of methoxy groups -OCH3 is 2. The Morgan fingerprint density at radius 1 is 1.25 bits per heavy atom. The Balaban J connectivity index is 2.67. The third kappa shape index (κ3) is 2.16. The highest BCUT2D eigenvalue weighted by Crippen LogP contribution is 2.47. The van der Waals surface area contributed by atoms with Gasteiger partial charge in [-0.15, -0.1) is 0 Å². The number of nitro groups is 1. The molecule has 1 aromatic rings. The summed E-state index contributed by atoms with van der Waals surface area (Å²) in [6.07, 6.45) is 3.08. The third-order valence-corrected chi connectivity index (χ3v) is 3.89. The highest BCUT2D eigenvalue weighted by atomic mass is 16.6. The summed E-state index contributed by atoms with van der Waals surface area (Å²) < 4.78 is 10.3. The van der Waals surface area contributed by atoms with Gasteiger partial charge >= 0.3 is 0 Å². The standard InChI is InChI=1S/C14H16N2O4/c1-19-12-7-10(14(9-15)5-3-4-6-14)11(16(17)18)8-13(12)20-2/h7-8H,3-6H2,1-2H3. The smallest absolute Gasteiger partial charge is 0.278 e. The molecule has 0 N–H and O–H groups in total. The van der Waals surface area contributed by atoms with Crippen LogP contribution in [0.1, 0.15) is 31.2 Å². The molecule has 106 valence electrons. The molecule has 6 heteroatoms. The molecule has 0 radical (unpaired) electrons. The molecule has 0 spiro atoms. The van der Waals surface area contributed by atoms with E-state index in [0.717, 1.165) is 12.8 Å². The van der Waals surface area contributed by atoms with Crippen molar-refractivity contribution >= 4 is 5.69 Å². The van der Waals surface area contributed by atoms with Crippen molar-refractivity contribution in [2.75, 3.05) is 14.2 Å². The first-order valence-corrected chi connectivity index (χ1v) is 6.40. The van der Waals surface area contributed by atoms with Crippen LogP contribution in [0.15, 0.2) is 12.1 Å². The molecular formula is C14H16N2O4. The van der Waals surface area contributed by atoms with Gasteiger partial charge in [-0.05, 0) is 18.9 Å². The molecule has 0 saturated heterocycles. The molecule has 1 aliphatic rings. The van der Waals surface area contributed by atoms with Crippen LogP contribution in [0, 0.1) is 21.4 Å². The molecule has 2 rings (SSSR count). The zero-order chi connectivity index (χ0) is 14.8. The summed E-state index contributed by atoms with van der Waals surface area (Å²) in [5, 5.41) is 20.8. The molecule has 20 heavy (non-hydrogen) atoms. The number of nitrogens with zero attached hydrogens (tertiary/aromatic N) is 2. The zero-order valence-electron chi connectivity index (χ0n) is 11.5. The number of nitro benzene ring substituents is 1. The molecule has 0 aliphatic heterocycles. The van der Waals surface area contributed by atoms with Gasteiger partial charge in [0.1, 0.15) is 0 Å². The fourth-order valence-corrected chi connectivity index (χ4v) is 2.82. The van der Waals surface area contributed by atoms with Crippen molar-refractivity contribution in [1.82, 2.24) is 0 Å². The highest BCUT2D eigenvalue weighted by Gasteiger charge is 2.41. The SMILES string of the molecule is COc1cc([N+](=O)[O-])c(C2(C#N)CCCC2)cc1OC. The van der Waals surface area contributed by atoms with Gasteiger partial charge in [0.15, 0.2) is 11.5 Å². The van der Waals surface area contributed by atoms with Crippen molar-refractivity contribution in [3.63, 3.8) is 0 Å². The molecule has 0 heterocycles. The predicted molar refractivity (Wildman–Crippen MR) is 72.0 cm³/mol. The molecule has 6 nitrogen and oxygen atoms in total. The number of ether oxygens (including phenoxy) is 2. The van der Waals surface area contributed by atoms with Gasteiger partial charge in [0.05, 0.1) is 42.3 Å². The lowest BCUT2D eigenvalue weighted by atomic mass is 9.79. The summed E-state index contributed by atoms with van der Waals surface area (Å²) >= 11 is 0. The lowest BCUT2D eigenvalue weighted by Crippen LogP contribution is -2.21. The Morgan fingerprint density at radius 3 is 2.25 bits per heavy atom. The van der Waals surface area contributed by atoms with Crippen molar-refractivity contribution in [3.05, 3.63) is 27.8 Å². The van der Waals surface area contributed by atoms with Gasteiger partial charge in [0.25, 0.3) is 5.69 Å². The molecule has 1 fully saturated rings. The summed E-state index contributed by atoms with van der Waals surface area (Å²) in [6, 6.07) is 5.19. The van der Waals surface area contributed by atoms with E-state index < -0.39 is 10.3 Å². The molecule has 0 unspecified atom stereocenters. The quantitative estimate of drug-likeness (QED) is 0.623. The molecule has 0 aromatic heterocycles. The van der Waals surface area contributed by atoms with Gasteiger partial charge in [-0.3, -0.25) is 10.1 Å². The van der Waals surface area contributed by atoms with E-state index in [0.29, 0.717) is 29.9 Å². The first-order chi connectivity index (χ1) is 9.57. The fraction of sp³-hybridized carbons (Fsp3) is 0.500. The van der Waals surface area contributed by atoms with Gasteiger partial charge in [-0.1, -0.05) is 12.8 Å². The van der Waals surface area contributed by atoms with E-state index in [-0.39, 0.29) is 5.69 Å². The minimum absolute atomic E-state index is 0.0777. The summed E-state index contributed by atoms with van der Waals surface area (Å²) in [4.78, 5) is 10.8. The van der Waals surface area contributed by atoms with Crippen LogP contribution in [0.25, 0.3) is 0 Å². The van der Waals surface area contributed by atoms with Crippen molar-refractivity contribution in [1.29, 1.82) is 5.26 Å². The van der Waals surface area contributed by atoms with Crippen LogP contribution >= 0.6 is 0 Å². The largest absolute Gasteiger partial charge is 0.493 e. The van der Waals surface area contributed by atoms with Crippen molar-refractivity contribution in [3.8, 4) is 17.6 Å². The fourth-order valence-electron chi connectivity index (χ4n) is 2.82. The lowest BCUT2D eigenvalue weighted by molar-refractivity contribution is -0.386. The maximum atomic E-state index is 11.3. The molecule has 0 amide bonds. The summed E-state index contributed by atoms with van der Waals surface area (Å²) in [7, 11) is 2.90. The second-order valence-electron chi connectivity index (χ2n) is 4.88. The number of nitriles is 1. The van der Waals surface area contributed by atoms with Crippen LogP contribution in [-0.4, -0.2) is 19.1 Å². The normalized spacial score (nSPS) is 16.4. The van der Waals surface area contributed by atoms with Crippen LogP contribution in [0.4, 0.5) is 5.69 Å². The summed E-state index contributed by atoms with van der Waals surface area (Å²) in [5.41, 5.74) is -0.437. The van der Waals surface area contributed by atoms with E-state index in [2.05, 4.69) is 6.07 Å². The third-order valence-electron chi connectivity index (χ3n) is 3.89. The maximum absolute atomic E-state index is 11.3. The second kappa shape index (κ2) is 5.37.